The van der Waals surface area contributed by atoms with E-state index in [0.717, 1.165) is 46.9 Å². The number of allylic oxidation sites excluding steroid dienone is 2. The van der Waals surface area contributed by atoms with E-state index in [1.807, 2.05) is 31.0 Å². The maximum atomic E-state index is 12.1. The van der Waals surface area contributed by atoms with Gasteiger partial charge in [0, 0.05) is 68.7 Å². The Hall–Kier alpha value is -3.89. The Morgan fingerprint density at radius 1 is 1.12 bits per heavy atom. The number of benzene rings is 1. The molecule has 2 N–H and O–H groups in total. The van der Waals surface area contributed by atoms with E-state index in [9.17, 15) is 15.0 Å². The van der Waals surface area contributed by atoms with Gasteiger partial charge in [-0.3, -0.25) is 4.79 Å². The van der Waals surface area contributed by atoms with Crippen LogP contribution in [0.1, 0.15) is 29.3 Å². The van der Waals surface area contributed by atoms with Crippen LogP contribution in [0.5, 0.6) is 11.8 Å². The van der Waals surface area contributed by atoms with Gasteiger partial charge in [-0.2, -0.15) is 9.97 Å². The second-order valence-corrected chi connectivity index (χ2v) is 10.3. The first-order valence-corrected chi connectivity index (χ1v) is 14.2. The van der Waals surface area contributed by atoms with Crippen molar-refractivity contribution >= 4 is 23.5 Å². The number of ether oxygens (including phenoxy) is 1. The summed E-state index contributed by atoms with van der Waals surface area (Å²) in [4.78, 5) is 30.1. The molecule has 0 atom stereocenters. The number of likely N-dealkylation sites (N-methyl/N-ethyl adjacent to an activating group) is 1. The fourth-order valence-electron chi connectivity index (χ4n) is 5.35. The molecule has 2 aliphatic heterocycles. The number of aliphatic hydroxyl groups is 1. The lowest BCUT2D eigenvalue weighted by Gasteiger charge is -2.38. The van der Waals surface area contributed by atoms with Gasteiger partial charge in [-0.1, -0.05) is 31.4 Å². The average Bonchev–Trinajstić information content (AvgIpc) is 2.98. The van der Waals surface area contributed by atoms with Crippen LogP contribution in [0.15, 0.2) is 43.5 Å². The first kappa shape index (κ1) is 30.1. The Kier molecular flexibility index (Phi) is 10.4. The van der Waals surface area contributed by atoms with E-state index >= 15 is 0 Å². The number of amides is 1. The molecular formula is C31H42N6O4. The van der Waals surface area contributed by atoms with Crippen LogP contribution >= 0.6 is 0 Å². The number of hydrogen-bond acceptors (Lipinski definition) is 9. The summed E-state index contributed by atoms with van der Waals surface area (Å²) >= 11 is 0. The fourth-order valence-corrected chi connectivity index (χ4v) is 5.35. The zero-order chi connectivity index (χ0) is 29.4. The molecule has 0 unspecified atom stereocenters. The lowest BCUT2D eigenvalue weighted by molar-refractivity contribution is -0.126. The summed E-state index contributed by atoms with van der Waals surface area (Å²) in [5.74, 6) is 1.02. The Bertz CT molecular complexity index is 1270. The summed E-state index contributed by atoms with van der Waals surface area (Å²) in [5.41, 5.74) is 4.92. The van der Waals surface area contributed by atoms with Gasteiger partial charge < -0.3 is 34.5 Å². The van der Waals surface area contributed by atoms with E-state index in [1.54, 1.807) is 17.0 Å². The normalized spacial score (nSPS) is 15.4. The monoisotopic (exact) mass is 562 g/mol. The third kappa shape index (κ3) is 7.25. The largest absolute Gasteiger partial charge is 0.508 e. The molecule has 1 fully saturated rings. The summed E-state index contributed by atoms with van der Waals surface area (Å²) < 4.78 is 6.03. The highest BCUT2D eigenvalue weighted by Crippen LogP contribution is 2.36. The third-order valence-corrected chi connectivity index (χ3v) is 7.62. The Labute approximate surface area is 242 Å². The molecule has 10 nitrogen and oxygen atoms in total. The van der Waals surface area contributed by atoms with Crippen molar-refractivity contribution in [3.63, 3.8) is 0 Å². The van der Waals surface area contributed by atoms with E-state index in [-0.39, 0.29) is 18.3 Å². The molecular weight excluding hydrogens is 520 g/mol. The standard InChI is InChI=1S/C31H42N6O4/c1-5-8-9-23-20-24(39)21-28(25(23)6-2)37-11-10-26-27(22-37)32-31(41-19-17-34(4)16-18-38)33-30(26)36-14-12-35(13-15-36)29(40)7-3/h5-8,20-21,38-39H,2-3,9-19,22H2,1,4H3/b8-5-. The summed E-state index contributed by atoms with van der Waals surface area (Å²) in [5, 5.41) is 19.8. The van der Waals surface area contributed by atoms with Crippen LogP contribution in [0, 0.1) is 0 Å². The first-order valence-electron chi connectivity index (χ1n) is 14.2. The molecule has 1 aromatic carbocycles. The molecule has 0 saturated carbocycles. The molecule has 3 heterocycles. The van der Waals surface area contributed by atoms with E-state index in [4.69, 9.17) is 14.7 Å². The molecule has 1 saturated heterocycles. The van der Waals surface area contributed by atoms with Crippen LogP contribution in [-0.4, -0.2) is 102 Å². The van der Waals surface area contributed by atoms with Crippen molar-refractivity contribution in [2.24, 2.45) is 0 Å². The number of anilines is 2. The summed E-state index contributed by atoms with van der Waals surface area (Å²) in [7, 11) is 1.93. The minimum atomic E-state index is -0.0565. The van der Waals surface area contributed by atoms with Crippen LogP contribution < -0.4 is 14.5 Å². The maximum absolute atomic E-state index is 12.1. The van der Waals surface area contributed by atoms with Gasteiger partial charge >= 0.3 is 6.01 Å². The van der Waals surface area contributed by atoms with Crippen molar-refractivity contribution in [3.8, 4) is 11.8 Å². The highest BCUT2D eigenvalue weighted by Gasteiger charge is 2.29. The lowest BCUT2D eigenvalue weighted by Crippen LogP contribution is -2.49. The number of carbonyl (C=O) groups excluding carboxylic acids is 1. The zero-order valence-electron chi connectivity index (χ0n) is 24.3. The Balaban J connectivity index is 1.64. The number of nitrogens with zero attached hydrogens (tertiary/aromatic N) is 6. The van der Waals surface area contributed by atoms with Crippen LogP contribution in [0.3, 0.4) is 0 Å². The highest BCUT2D eigenvalue weighted by molar-refractivity contribution is 5.87. The van der Waals surface area contributed by atoms with Gasteiger partial charge in [0.15, 0.2) is 0 Å². The zero-order valence-corrected chi connectivity index (χ0v) is 24.3. The van der Waals surface area contributed by atoms with E-state index in [2.05, 4.69) is 29.0 Å². The number of phenols is 1. The maximum Gasteiger partial charge on any atom is 0.318 e. The molecule has 10 heteroatoms. The molecule has 2 aliphatic rings. The number of phenolic OH excluding ortho intramolecular Hbond substituents is 1. The van der Waals surface area contributed by atoms with Gasteiger partial charge in [0.1, 0.15) is 18.2 Å². The molecule has 0 radical (unpaired) electrons. The van der Waals surface area contributed by atoms with Gasteiger partial charge in [-0.05, 0) is 44.5 Å². The number of hydrogen-bond donors (Lipinski definition) is 2. The minimum absolute atomic E-state index is 0.0565. The minimum Gasteiger partial charge on any atom is -0.508 e. The second kappa shape index (κ2) is 14.1. The van der Waals surface area contributed by atoms with Crippen molar-refractivity contribution in [1.29, 1.82) is 0 Å². The van der Waals surface area contributed by atoms with Crippen molar-refractivity contribution in [2.45, 2.75) is 26.3 Å². The number of aromatic hydroxyl groups is 1. The smallest absolute Gasteiger partial charge is 0.318 e. The molecule has 1 aromatic heterocycles. The number of carbonyl (C=O) groups is 1. The number of aliphatic hydroxyl groups excluding tert-OH is 1. The van der Waals surface area contributed by atoms with Crippen LogP contribution in [0.25, 0.3) is 6.08 Å². The van der Waals surface area contributed by atoms with E-state index < -0.39 is 0 Å². The van der Waals surface area contributed by atoms with Gasteiger partial charge in [0.2, 0.25) is 5.91 Å². The Morgan fingerprint density at radius 3 is 2.59 bits per heavy atom. The van der Waals surface area contributed by atoms with Gasteiger partial charge in [-0.25, -0.2) is 0 Å². The molecule has 0 aliphatic carbocycles. The topological polar surface area (TPSA) is 106 Å². The predicted octanol–water partition coefficient (Wildman–Crippen LogP) is 2.64. The van der Waals surface area contributed by atoms with Crippen LogP contribution in [-0.2, 0) is 24.2 Å². The molecule has 0 spiro atoms. The van der Waals surface area contributed by atoms with Crippen molar-refractivity contribution in [2.75, 3.05) is 75.9 Å². The van der Waals surface area contributed by atoms with E-state index in [1.165, 1.54) is 6.08 Å². The third-order valence-electron chi connectivity index (χ3n) is 7.62. The number of rotatable bonds is 12. The van der Waals surface area contributed by atoms with Gasteiger partial charge in [0.25, 0.3) is 0 Å². The predicted molar refractivity (Wildman–Crippen MR) is 163 cm³/mol. The summed E-state index contributed by atoms with van der Waals surface area (Å²) in [6, 6.07) is 3.92. The van der Waals surface area contributed by atoms with Gasteiger partial charge in [-0.15, -0.1) is 0 Å². The number of fused-ring (bicyclic) bond motifs is 1. The Morgan fingerprint density at radius 2 is 1.90 bits per heavy atom. The first-order chi connectivity index (χ1) is 19.9. The van der Waals surface area contributed by atoms with Crippen molar-refractivity contribution in [3.05, 3.63) is 65.9 Å². The summed E-state index contributed by atoms with van der Waals surface area (Å²) in [6.07, 6.45) is 8.73. The molecule has 220 valence electrons. The lowest BCUT2D eigenvalue weighted by atomic mass is 9.98. The van der Waals surface area contributed by atoms with E-state index in [0.29, 0.717) is 64.9 Å². The van der Waals surface area contributed by atoms with Crippen LogP contribution in [0.2, 0.25) is 0 Å². The number of piperazine rings is 1. The van der Waals surface area contributed by atoms with Crippen molar-refractivity contribution < 1.29 is 19.7 Å². The average molecular weight is 563 g/mol. The highest BCUT2D eigenvalue weighted by atomic mass is 16.5. The molecule has 0 bridgehead atoms. The van der Waals surface area contributed by atoms with Gasteiger partial charge in [0.05, 0.1) is 18.8 Å². The fraction of sp³-hybridized carbons (Fsp3) is 0.452. The molecule has 1 amide bonds. The second-order valence-electron chi connectivity index (χ2n) is 10.3. The van der Waals surface area contributed by atoms with Crippen LogP contribution in [0.4, 0.5) is 11.5 Å². The quantitative estimate of drug-likeness (QED) is 0.298. The molecule has 41 heavy (non-hydrogen) atoms. The summed E-state index contributed by atoms with van der Waals surface area (Å²) in [6.45, 7) is 15.1. The number of aromatic nitrogens is 2. The molecule has 4 rings (SSSR count). The molecule has 2 aromatic rings. The van der Waals surface area contributed by atoms with Crippen molar-refractivity contribution in [1.82, 2.24) is 19.8 Å². The SMILES string of the molecule is C=CC(=O)N1CCN(c2nc(OCCN(C)CCO)nc3c2CCN(c2cc(O)cc(C/C=C\C)c2C=C)C3)CC1.